The molecule has 5 heteroatoms. The van der Waals surface area contributed by atoms with Gasteiger partial charge in [0.2, 0.25) is 0 Å². The van der Waals surface area contributed by atoms with Gasteiger partial charge in [-0.2, -0.15) is 0 Å². The first-order chi connectivity index (χ1) is 9.33. The van der Waals surface area contributed by atoms with E-state index in [0.29, 0.717) is 6.42 Å². The molecule has 0 saturated heterocycles. The molecule has 1 unspecified atom stereocenters. The second-order valence-electron chi connectivity index (χ2n) is 4.24. The van der Waals surface area contributed by atoms with E-state index in [-0.39, 0.29) is 19.3 Å². The van der Waals surface area contributed by atoms with Gasteiger partial charge in [-0.25, -0.2) is 4.98 Å². The summed E-state index contributed by atoms with van der Waals surface area (Å²) in [6.45, 7) is 0.314. The van der Waals surface area contributed by atoms with E-state index in [2.05, 4.69) is 9.97 Å². The fourth-order valence-electron chi connectivity index (χ4n) is 1.89. The Morgan fingerprint density at radius 1 is 1.32 bits per heavy atom. The fraction of sp³-hybridized carbons (Fsp3) is 0.357. The SMILES string of the molecule is COCOc1ccc(C(CO)Cc2ncc[nH]2)cc1. The van der Waals surface area contributed by atoms with E-state index < -0.39 is 0 Å². The van der Waals surface area contributed by atoms with Crippen LogP contribution in [-0.4, -0.2) is 35.6 Å². The standard InChI is InChI=1S/C14H18N2O3/c1-18-10-19-13-4-2-11(3-5-13)12(9-17)8-14-15-6-7-16-14/h2-7,12,17H,8-10H2,1H3,(H,15,16). The Labute approximate surface area is 112 Å². The summed E-state index contributed by atoms with van der Waals surface area (Å²) in [6, 6.07) is 7.65. The highest BCUT2D eigenvalue weighted by atomic mass is 16.7. The van der Waals surface area contributed by atoms with Crippen molar-refractivity contribution in [3.63, 3.8) is 0 Å². The van der Waals surface area contributed by atoms with Crippen molar-refractivity contribution in [3.05, 3.63) is 48.0 Å². The van der Waals surface area contributed by atoms with E-state index in [4.69, 9.17) is 9.47 Å². The second kappa shape index (κ2) is 6.92. The molecule has 0 radical (unpaired) electrons. The summed E-state index contributed by atoms with van der Waals surface area (Å²) in [4.78, 5) is 7.23. The number of H-pyrrole nitrogens is 1. The predicted molar refractivity (Wildman–Crippen MR) is 71.1 cm³/mol. The number of hydrogen-bond donors (Lipinski definition) is 2. The number of ether oxygens (including phenoxy) is 2. The number of hydrogen-bond acceptors (Lipinski definition) is 4. The molecule has 0 fully saturated rings. The lowest BCUT2D eigenvalue weighted by Gasteiger charge is -2.14. The van der Waals surface area contributed by atoms with Gasteiger partial charge in [0.15, 0.2) is 6.79 Å². The maximum atomic E-state index is 9.50. The van der Waals surface area contributed by atoms with E-state index in [0.717, 1.165) is 17.1 Å². The number of rotatable bonds is 7. The zero-order chi connectivity index (χ0) is 13.5. The molecule has 0 aliphatic heterocycles. The van der Waals surface area contributed by atoms with E-state index >= 15 is 0 Å². The maximum absolute atomic E-state index is 9.50. The molecule has 102 valence electrons. The molecule has 0 bridgehead atoms. The quantitative estimate of drug-likeness (QED) is 0.745. The van der Waals surface area contributed by atoms with Crippen molar-refractivity contribution >= 4 is 0 Å². The average molecular weight is 262 g/mol. The van der Waals surface area contributed by atoms with Crippen LogP contribution in [0.4, 0.5) is 0 Å². The molecule has 0 saturated carbocycles. The molecule has 0 aliphatic carbocycles. The minimum absolute atomic E-state index is 0.0302. The van der Waals surface area contributed by atoms with Crippen molar-refractivity contribution in [1.82, 2.24) is 9.97 Å². The van der Waals surface area contributed by atoms with Crippen molar-refractivity contribution in [2.75, 3.05) is 20.5 Å². The summed E-state index contributed by atoms with van der Waals surface area (Å²) in [5.41, 5.74) is 1.06. The van der Waals surface area contributed by atoms with Gasteiger partial charge in [-0.15, -0.1) is 0 Å². The molecule has 2 N–H and O–H groups in total. The summed E-state index contributed by atoms with van der Waals surface area (Å²) in [6.07, 6.45) is 4.18. The third-order valence-electron chi connectivity index (χ3n) is 2.91. The first-order valence-electron chi connectivity index (χ1n) is 6.14. The molecule has 2 aromatic rings. The zero-order valence-electron chi connectivity index (χ0n) is 10.9. The highest BCUT2D eigenvalue weighted by Crippen LogP contribution is 2.22. The third kappa shape index (κ3) is 3.81. The lowest BCUT2D eigenvalue weighted by Crippen LogP contribution is -2.09. The Kier molecular flexibility index (Phi) is 4.94. The van der Waals surface area contributed by atoms with Crippen molar-refractivity contribution in [2.24, 2.45) is 0 Å². The van der Waals surface area contributed by atoms with Gasteiger partial charge in [0.05, 0.1) is 6.61 Å². The number of aromatic amines is 1. The van der Waals surface area contributed by atoms with Crippen molar-refractivity contribution in [3.8, 4) is 5.75 Å². The van der Waals surface area contributed by atoms with Crippen LogP contribution in [-0.2, 0) is 11.2 Å². The smallest absolute Gasteiger partial charge is 0.188 e. The number of nitrogens with zero attached hydrogens (tertiary/aromatic N) is 1. The normalized spacial score (nSPS) is 12.3. The van der Waals surface area contributed by atoms with Gasteiger partial charge in [0.25, 0.3) is 0 Å². The van der Waals surface area contributed by atoms with Crippen molar-refractivity contribution < 1.29 is 14.6 Å². The first-order valence-corrected chi connectivity index (χ1v) is 6.14. The van der Waals surface area contributed by atoms with Gasteiger partial charge < -0.3 is 19.6 Å². The molecule has 0 amide bonds. The van der Waals surface area contributed by atoms with E-state index in [1.807, 2.05) is 24.3 Å². The topological polar surface area (TPSA) is 67.4 Å². The van der Waals surface area contributed by atoms with Gasteiger partial charge in [-0.3, -0.25) is 0 Å². The summed E-state index contributed by atoms with van der Waals surface area (Å²) >= 11 is 0. The summed E-state index contributed by atoms with van der Waals surface area (Å²) in [5, 5.41) is 9.50. The Morgan fingerprint density at radius 2 is 2.11 bits per heavy atom. The highest BCUT2D eigenvalue weighted by molar-refractivity contribution is 5.30. The van der Waals surface area contributed by atoms with E-state index in [9.17, 15) is 5.11 Å². The van der Waals surface area contributed by atoms with Crippen LogP contribution < -0.4 is 4.74 Å². The Bertz CT molecular complexity index is 468. The van der Waals surface area contributed by atoms with Gasteiger partial charge >= 0.3 is 0 Å². The number of aromatic nitrogens is 2. The number of nitrogens with one attached hydrogen (secondary N) is 1. The minimum Gasteiger partial charge on any atom is -0.468 e. The molecular formula is C14H18N2O3. The summed E-state index contributed by atoms with van der Waals surface area (Å²) < 4.78 is 10.2. The van der Waals surface area contributed by atoms with Crippen LogP contribution in [0.25, 0.3) is 0 Å². The highest BCUT2D eigenvalue weighted by Gasteiger charge is 2.12. The minimum atomic E-state index is 0.0302. The number of aliphatic hydroxyl groups excluding tert-OH is 1. The molecule has 0 spiro atoms. The molecule has 1 heterocycles. The average Bonchev–Trinajstić information content (AvgIpc) is 2.96. The second-order valence-corrected chi connectivity index (χ2v) is 4.24. The van der Waals surface area contributed by atoms with Crippen LogP contribution in [0.5, 0.6) is 5.75 Å². The molecule has 1 atom stereocenters. The lowest BCUT2D eigenvalue weighted by atomic mass is 9.96. The molecule has 2 rings (SSSR count). The van der Waals surface area contributed by atoms with Crippen LogP contribution in [0.1, 0.15) is 17.3 Å². The largest absolute Gasteiger partial charge is 0.468 e. The first kappa shape index (κ1) is 13.6. The number of methoxy groups -OCH3 is 1. The lowest BCUT2D eigenvalue weighted by molar-refractivity contribution is 0.0511. The van der Waals surface area contributed by atoms with E-state index in [1.54, 1.807) is 19.5 Å². The molecule has 1 aromatic heterocycles. The Hall–Kier alpha value is -1.85. The molecular weight excluding hydrogens is 244 g/mol. The van der Waals surface area contributed by atoms with Gasteiger partial charge in [0, 0.05) is 31.8 Å². The maximum Gasteiger partial charge on any atom is 0.188 e. The van der Waals surface area contributed by atoms with Crippen molar-refractivity contribution in [2.45, 2.75) is 12.3 Å². The molecule has 5 nitrogen and oxygen atoms in total. The Morgan fingerprint density at radius 3 is 2.68 bits per heavy atom. The monoisotopic (exact) mass is 262 g/mol. The molecule has 19 heavy (non-hydrogen) atoms. The molecule has 1 aromatic carbocycles. The van der Waals surface area contributed by atoms with E-state index in [1.165, 1.54) is 0 Å². The van der Waals surface area contributed by atoms with Gasteiger partial charge in [-0.1, -0.05) is 12.1 Å². The Balaban J connectivity index is 2.02. The predicted octanol–water partition coefficient (Wildman–Crippen LogP) is 1.71. The van der Waals surface area contributed by atoms with Gasteiger partial charge in [0.1, 0.15) is 11.6 Å². The summed E-state index contributed by atoms with van der Waals surface area (Å²) in [7, 11) is 1.58. The zero-order valence-corrected chi connectivity index (χ0v) is 10.9. The summed E-state index contributed by atoms with van der Waals surface area (Å²) in [5.74, 6) is 1.65. The van der Waals surface area contributed by atoms with Crippen LogP contribution in [0.2, 0.25) is 0 Å². The van der Waals surface area contributed by atoms with Crippen LogP contribution in [0, 0.1) is 0 Å². The van der Waals surface area contributed by atoms with Crippen LogP contribution >= 0.6 is 0 Å². The fourth-order valence-corrected chi connectivity index (χ4v) is 1.89. The van der Waals surface area contributed by atoms with Crippen LogP contribution in [0.3, 0.4) is 0 Å². The van der Waals surface area contributed by atoms with Crippen molar-refractivity contribution in [1.29, 1.82) is 0 Å². The van der Waals surface area contributed by atoms with Crippen LogP contribution in [0.15, 0.2) is 36.7 Å². The number of benzene rings is 1. The number of aliphatic hydroxyl groups is 1. The molecule has 0 aliphatic rings. The van der Waals surface area contributed by atoms with Gasteiger partial charge in [-0.05, 0) is 17.7 Å². The third-order valence-corrected chi connectivity index (χ3v) is 2.91. The number of imidazole rings is 1.